The number of amides is 1. The fraction of sp³-hybridized carbons (Fsp3) is 0.125. The summed E-state index contributed by atoms with van der Waals surface area (Å²) >= 11 is 5.90. The van der Waals surface area contributed by atoms with Crippen LogP contribution in [0.5, 0.6) is 5.75 Å². The first-order valence-electron chi connectivity index (χ1n) is 6.49. The summed E-state index contributed by atoms with van der Waals surface area (Å²) in [7, 11) is 2.65. The molecule has 0 radical (unpaired) electrons. The van der Waals surface area contributed by atoms with Gasteiger partial charge in [-0.15, -0.1) is 0 Å². The van der Waals surface area contributed by atoms with Crippen LogP contribution in [-0.4, -0.2) is 26.1 Å². The molecule has 0 spiro atoms. The van der Waals surface area contributed by atoms with Crippen LogP contribution in [0.1, 0.15) is 20.7 Å². The van der Waals surface area contributed by atoms with Gasteiger partial charge in [0.05, 0.1) is 36.1 Å². The average Bonchev–Trinajstić information content (AvgIpc) is 2.56. The molecule has 7 heteroatoms. The van der Waals surface area contributed by atoms with Crippen LogP contribution < -0.4 is 10.1 Å². The maximum absolute atomic E-state index is 13.3. The minimum Gasteiger partial charge on any atom is -0.495 e. The second-order valence-electron chi connectivity index (χ2n) is 4.48. The van der Waals surface area contributed by atoms with Gasteiger partial charge in [-0.2, -0.15) is 0 Å². The highest BCUT2D eigenvalue weighted by atomic mass is 35.5. The van der Waals surface area contributed by atoms with Gasteiger partial charge >= 0.3 is 5.97 Å². The van der Waals surface area contributed by atoms with Crippen LogP contribution >= 0.6 is 11.6 Å². The van der Waals surface area contributed by atoms with Crippen molar-refractivity contribution < 1.29 is 23.5 Å². The minimum atomic E-state index is -0.599. The van der Waals surface area contributed by atoms with Crippen molar-refractivity contribution in [3.05, 3.63) is 58.4 Å². The van der Waals surface area contributed by atoms with Crippen LogP contribution in [0.4, 0.5) is 10.1 Å². The number of carbonyl (C=O) groups excluding carboxylic acids is 2. The number of ether oxygens (including phenoxy) is 2. The van der Waals surface area contributed by atoms with Crippen LogP contribution in [0.25, 0.3) is 0 Å². The molecule has 5 nitrogen and oxygen atoms in total. The smallest absolute Gasteiger partial charge is 0.337 e. The Hall–Kier alpha value is -2.60. The lowest BCUT2D eigenvalue weighted by molar-refractivity contribution is 0.0600. The van der Waals surface area contributed by atoms with Crippen molar-refractivity contribution in [2.24, 2.45) is 0 Å². The van der Waals surface area contributed by atoms with Crippen LogP contribution in [0.2, 0.25) is 5.02 Å². The first-order valence-corrected chi connectivity index (χ1v) is 6.86. The molecule has 0 unspecified atom stereocenters. The van der Waals surface area contributed by atoms with Gasteiger partial charge in [0.25, 0.3) is 5.91 Å². The molecule has 0 aliphatic rings. The highest BCUT2D eigenvalue weighted by Gasteiger charge is 2.16. The van der Waals surface area contributed by atoms with Gasteiger partial charge in [-0.1, -0.05) is 11.6 Å². The Labute approximate surface area is 137 Å². The van der Waals surface area contributed by atoms with Crippen molar-refractivity contribution in [3.63, 3.8) is 0 Å². The average molecular weight is 338 g/mol. The zero-order valence-corrected chi connectivity index (χ0v) is 13.1. The standard InChI is InChI=1S/C16H13ClFNO4/c1-22-14-7-9(16(21)23-2)3-6-13(14)19-15(20)11-8-10(18)4-5-12(11)17/h3-8H,1-2H3,(H,19,20). The second-order valence-corrected chi connectivity index (χ2v) is 4.89. The molecule has 2 aromatic rings. The maximum Gasteiger partial charge on any atom is 0.337 e. The molecular weight excluding hydrogens is 325 g/mol. The molecule has 0 aromatic heterocycles. The summed E-state index contributed by atoms with van der Waals surface area (Å²) in [6.07, 6.45) is 0. The van der Waals surface area contributed by atoms with E-state index in [1.807, 2.05) is 0 Å². The number of methoxy groups -OCH3 is 2. The topological polar surface area (TPSA) is 64.6 Å². The van der Waals surface area contributed by atoms with E-state index in [2.05, 4.69) is 10.1 Å². The van der Waals surface area contributed by atoms with Gasteiger partial charge in [-0.3, -0.25) is 4.79 Å². The van der Waals surface area contributed by atoms with Crippen molar-refractivity contribution in [2.45, 2.75) is 0 Å². The van der Waals surface area contributed by atoms with E-state index in [-0.39, 0.29) is 21.9 Å². The Morgan fingerprint density at radius 3 is 2.52 bits per heavy atom. The van der Waals surface area contributed by atoms with Gasteiger partial charge < -0.3 is 14.8 Å². The summed E-state index contributed by atoms with van der Waals surface area (Å²) in [6, 6.07) is 7.86. The molecule has 120 valence electrons. The van der Waals surface area contributed by atoms with E-state index in [9.17, 15) is 14.0 Å². The number of anilines is 1. The molecule has 0 saturated heterocycles. The van der Waals surface area contributed by atoms with Gasteiger partial charge in [0.15, 0.2) is 0 Å². The molecule has 0 aliphatic carbocycles. The van der Waals surface area contributed by atoms with E-state index >= 15 is 0 Å². The van der Waals surface area contributed by atoms with Crippen molar-refractivity contribution >= 4 is 29.2 Å². The first kappa shape index (κ1) is 16.8. The summed E-state index contributed by atoms with van der Waals surface area (Å²) in [5.74, 6) is -1.45. The van der Waals surface area contributed by atoms with Crippen molar-refractivity contribution in [2.75, 3.05) is 19.5 Å². The summed E-state index contributed by atoms with van der Waals surface area (Å²) in [5, 5.41) is 2.68. The molecule has 0 heterocycles. The van der Waals surface area contributed by atoms with Gasteiger partial charge in [0.1, 0.15) is 11.6 Å². The number of hydrogen-bond donors (Lipinski definition) is 1. The minimum absolute atomic E-state index is 0.00855. The van der Waals surface area contributed by atoms with Crippen LogP contribution in [0.15, 0.2) is 36.4 Å². The van der Waals surface area contributed by atoms with E-state index in [4.69, 9.17) is 16.3 Å². The molecule has 0 bridgehead atoms. The third-order valence-electron chi connectivity index (χ3n) is 3.04. The third-order valence-corrected chi connectivity index (χ3v) is 3.37. The summed E-state index contributed by atoms with van der Waals surface area (Å²) < 4.78 is 23.0. The third kappa shape index (κ3) is 3.78. The van der Waals surface area contributed by atoms with Gasteiger partial charge in [-0.25, -0.2) is 9.18 Å². The summed E-state index contributed by atoms with van der Waals surface area (Å²) in [6.45, 7) is 0. The predicted molar refractivity (Wildman–Crippen MR) is 83.7 cm³/mol. The lowest BCUT2D eigenvalue weighted by Gasteiger charge is -2.12. The van der Waals surface area contributed by atoms with Crippen LogP contribution in [-0.2, 0) is 4.74 Å². The number of benzene rings is 2. The number of esters is 1. The second kappa shape index (κ2) is 7.11. The fourth-order valence-corrected chi connectivity index (χ4v) is 2.10. The molecule has 23 heavy (non-hydrogen) atoms. The van der Waals surface area contributed by atoms with E-state index in [1.54, 1.807) is 0 Å². The Balaban J connectivity index is 2.30. The molecule has 0 saturated carbocycles. The zero-order valence-electron chi connectivity index (χ0n) is 12.4. The predicted octanol–water partition coefficient (Wildman–Crippen LogP) is 3.53. The summed E-state index contributed by atoms with van der Waals surface area (Å²) in [4.78, 5) is 23.7. The van der Waals surface area contributed by atoms with Crippen LogP contribution in [0.3, 0.4) is 0 Å². The summed E-state index contributed by atoms with van der Waals surface area (Å²) in [5.41, 5.74) is 0.572. The van der Waals surface area contributed by atoms with Crippen molar-refractivity contribution in [3.8, 4) is 5.75 Å². The fourth-order valence-electron chi connectivity index (χ4n) is 1.90. The largest absolute Gasteiger partial charge is 0.495 e. The monoisotopic (exact) mass is 337 g/mol. The number of rotatable bonds is 4. The van der Waals surface area contributed by atoms with E-state index < -0.39 is 17.7 Å². The lowest BCUT2D eigenvalue weighted by atomic mass is 10.1. The van der Waals surface area contributed by atoms with Gasteiger partial charge in [0.2, 0.25) is 0 Å². The number of nitrogens with one attached hydrogen (secondary N) is 1. The van der Waals surface area contributed by atoms with Gasteiger partial charge in [-0.05, 0) is 36.4 Å². The number of hydrogen-bond acceptors (Lipinski definition) is 4. The molecule has 0 atom stereocenters. The van der Waals surface area contributed by atoms with Gasteiger partial charge in [0, 0.05) is 0 Å². The molecule has 0 aliphatic heterocycles. The molecular formula is C16H13ClFNO4. The van der Waals surface area contributed by atoms with E-state index in [0.29, 0.717) is 5.69 Å². The Morgan fingerprint density at radius 1 is 1.13 bits per heavy atom. The maximum atomic E-state index is 13.3. The SMILES string of the molecule is COC(=O)c1ccc(NC(=O)c2cc(F)ccc2Cl)c(OC)c1. The molecule has 0 fully saturated rings. The van der Waals surface area contributed by atoms with E-state index in [1.165, 1.54) is 38.5 Å². The highest BCUT2D eigenvalue weighted by Crippen LogP contribution is 2.27. The highest BCUT2D eigenvalue weighted by molar-refractivity contribution is 6.34. The van der Waals surface area contributed by atoms with Crippen molar-refractivity contribution in [1.29, 1.82) is 0 Å². The van der Waals surface area contributed by atoms with Crippen molar-refractivity contribution in [1.82, 2.24) is 0 Å². The molecule has 2 rings (SSSR count). The lowest BCUT2D eigenvalue weighted by Crippen LogP contribution is -2.14. The van der Waals surface area contributed by atoms with E-state index in [0.717, 1.165) is 12.1 Å². The number of carbonyl (C=O) groups is 2. The quantitative estimate of drug-likeness (QED) is 0.867. The Morgan fingerprint density at radius 2 is 1.87 bits per heavy atom. The molecule has 1 N–H and O–H groups in total. The zero-order chi connectivity index (χ0) is 17.0. The molecule has 1 amide bonds. The molecule has 2 aromatic carbocycles. The normalized spacial score (nSPS) is 10.1. The van der Waals surface area contributed by atoms with Crippen LogP contribution in [0, 0.1) is 5.82 Å². The number of halogens is 2. The Kier molecular flexibility index (Phi) is 5.18. The Bertz CT molecular complexity index is 764. The first-order chi connectivity index (χ1) is 11.0.